The standard InChI is InChI=1S/C14H11Cl2NO2/c1-19-13-5-3-9(17)7-11(13)14(18)10-4-2-8(15)6-12(10)16/h2-7H,17H2,1H3. The van der Waals surface area contributed by atoms with Crippen molar-refractivity contribution in [1.82, 2.24) is 0 Å². The van der Waals surface area contributed by atoms with Crippen LogP contribution in [0, 0.1) is 0 Å². The Balaban J connectivity index is 2.52. The van der Waals surface area contributed by atoms with E-state index in [4.69, 9.17) is 33.7 Å². The summed E-state index contributed by atoms with van der Waals surface area (Å²) in [5.41, 5.74) is 6.90. The number of nitrogen functional groups attached to an aromatic ring is 1. The van der Waals surface area contributed by atoms with E-state index < -0.39 is 0 Å². The van der Waals surface area contributed by atoms with Crippen LogP contribution in [0.2, 0.25) is 10.0 Å². The van der Waals surface area contributed by atoms with Crippen LogP contribution in [0.3, 0.4) is 0 Å². The molecule has 19 heavy (non-hydrogen) atoms. The summed E-state index contributed by atoms with van der Waals surface area (Å²) in [6.07, 6.45) is 0. The summed E-state index contributed by atoms with van der Waals surface area (Å²) in [7, 11) is 1.49. The molecule has 0 heterocycles. The number of halogens is 2. The Bertz CT molecular complexity index is 641. The fourth-order valence-corrected chi connectivity index (χ4v) is 2.22. The normalized spacial score (nSPS) is 10.3. The number of ether oxygens (including phenoxy) is 1. The molecule has 3 nitrogen and oxygen atoms in total. The van der Waals surface area contributed by atoms with Crippen LogP contribution in [0.15, 0.2) is 36.4 Å². The Morgan fingerprint density at radius 2 is 1.84 bits per heavy atom. The second-order valence-corrected chi connectivity index (χ2v) is 4.76. The number of nitrogens with two attached hydrogens (primary N) is 1. The van der Waals surface area contributed by atoms with Crippen LogP contribution in [-0.2, 0) is 0 Å². The van der Waals surface area contributed by atoms with E-state index in [1.165, 1.54) is 13.2 Å². The minimum Gasteiger partial charge on any atom is -0.496 e. The lowest BCUT2D eigenvalue weighted by molar-refractivity contribution is 0.103. The number of rotatable bonds is 3. The van der Waals surface area contributed by atoms with Crippen LogP contribution in [0.4, 0.5) is 5.69 Å². The second-order valence-electron chi connectivity index (χ2n) is 3.91. The van der Waals surface area contributed by atoms with Crippen molar-refractivity contribution >= 4 is 34.7 Å². The van der Waals surface area contributed by atoms with Crippen LogP contribution in [0.1, 0.15) is 15.9 Å². The van der Waals surface area contributed by atoms with Gasteiger partial charge in [-0.25, -0.2) is 0 Å². The number of ketones is 1. The van der Waals surface area contributed by atoms with Gasteiger partial charge in [0.25, 0.3) is 0 Å². The van der Waals surface area contributed by atoms with Gasteiger partial charge in [-0.05, 0) is 36.4 Å². The van der Waals surface area contributed by atoms with Crippen LogP contribution in [-0.4, -0.2) is 12.9 Å². The van der Waals surface area contributed by atoms with E-state index in [1.54, 1.807) is 30.3 Å². The highest BCUT2D eigenvalue weighted by Crippen LogP contribution is 2.28. The molecule has 0 fully saturated rings. The van der Waals surface area contributed by atoms with E-state index in [0.717, 1.165) is 0 Å². The van der Waals surface area contributed by atoms with Gasteiger partial charge in [-0.3, -0.25) is 4.79 Å². The van der Waals surface area contributed by atoms with Crippen molar-refractivity contribution in [3.05, 3.63) is 57.6 Å². The SMILES string of the molecule is COc1ccc(N)cc1C(=O)c1ccc(Cl)cc1Cl. The molecule has 2 aromatic rings. The molecule has 98 valence electrons. The summed E-state index contributed by atoms with van der Waals surface area (Å²) in [6, 6.07) is 9.59. The summed E-state index contributed by atoms with van der Waals surface area (Å²) in [6.45, 7) is 0. The summed E-state index contributed by atoms with van der Waals surface area (Å²) in [4.78, 5) is 12.4. The Morgan fingerprint density at radius 3 is 2.47 bits per heavy atom. The Labute approximate surface area is 120 Å². The monoisotopic (exact) mass is 295 g/mol. The predicted molar refractivity (Wildman–Crippen MR) is 77.3 cm³/mol. The minimum absolute atomic E-state index is 0.259. The van der Waals surface area contributed by atoms with Gasteiger partial charge >= 0.3 is 0 Å². The van der Waals surface area contributed by atoms with Gasteiger partial charge in [-0.2, -0.15) is 0 Å². The topological polar surface area (TPSA) is 52.3 Å². The largest absolute Gasteiger partial charge is 0.496 e. The first kappa shape index (κ1) is 13.7. The molecule has 0 saturated carbocycles. The molecule has 0 aliphatic heterocycles. The third kappa shape index (κ3) is 2.83. The number of hydrogen-bond donors (Lipinski definition) is 1. The molecule has 0 radical (unpaired) electrons. The molecule has 0 aliphatic carbocycles. The number of benzene rings is 2. The summed E-state index contributed by atoms with van der Waals surface area (Å²) < 4.78 is 5.16. The van der Waals surface area contributed by atoms with Gasteiger partial charge in [0.15, 0.2) is 5.78 Å². The summed E-state index contributed by atoms with van der Waals surface area (Å²) >= 11 is 11.8. The molecule has 0 saturated heterocycles. The van der Waals surface area contributed by atoms with Crippen molar-refractivity contribution in [3.8, 4) is 5.75 Å². The van der Waals surface area contributed by atoms with Crippen LogP contribution in [0.5, 0.6) is 5.75 Å². The Morgan fingerprint density at radius 1 is 1.11 bits per heavy atom. The zero-order valence-electron chi connectivity index (χ0n) is 10.1. The first-order chi connectivity index (χ1) is 9.02. The molecule has 2 N–H and O–H groups in total. The predicted octanol–water partition coefficient (Wildman–Crippen LogP) is 3.82. The molecule has 0 amide bonds. The number of anilines is 1. The number of carbonyl (C=O) groups excluding carboxylic acids is 1. The first-order valence-electron chi connectivity index (χ1n) is 5.46. The van der Waals surface area contributed by atoms with Crippen molar-refractivity contribution in [3.63, 3.8) is 0 Å². The number of hydrogen-bond acceptors (Lipinski definition) is 3. The molecule has 0 aromatic heterocycles. The molecule has 2 aromatic carbocycles. The number of carbonyl (C=O) groups is 1. The van der Waals surface area contributed by atoms with Crippen molar-refractivity contribution < 1.29 is 9.53 Å². The second kappa shape index (κ2) is 5.51. The first-order valence-corrected chi connectivity index (χ1v) is 6.22. The lowest BCUT2D eigenvalue weighted by Crippen LogP contribution is -2.05. The van der Waals surface area contributed by atoms with Crippen molar-refractivity contribution in [2.45, 2.75) is 0 Å². The van der Waals surface area contributed by atoms with Gasteiger partial charge in [-0.1, -0.05) is 23.2 Å². The van der Waals surface area contributed by atoms with E-state index >= 15 is 0 Å². The molecule has 0 atom stereocenters. The fourth-order valence-electron chi connectivity index (χ4n) is 1.72. The molecular formula is C14H11Cl2NO2. The molecular weight excluding hydrogens is 285 g/mol. The third-order valence-corrected chi connectivity index (χ3v) is 3.19. The number of methoxy groups -OCH3 is 1. The molecule has 0 aliphatic rings. The van der Waals surface area contributed by atoms with Gasteiger partial charge in [0.2, 0.25) is 0 Å². The Kier molecular flexibility index (Phi) is 3.98. The van der Waals surface area contributed by atoms with E-state index in [0.29, 0.717) is 32.6 Å². The lowest BCUT2D eigenvalue weighted by Gasteiger charge is -2.09. The average molecular weight is 296 g/mol. The molecule has 5 heteroatoms. The highest BCUT2D eigenvalue weighted by molar-refractivity contribution is 6.37. The highest BCUT2D eigenvalue weighted by Gasteiger charge is 2.17. The quantitative estimate of drug-likeness (QED) is 0.692. The highest BCUT2D eigenvalue weighted by atomic mass is 35.5. The van der Waals surface area contributed by atoms with Crippen LogP contribution < -0.4 is 10.5 Å². The Hall–Kier alpha value is -1.71. The summed E-state index contributed by atoms with van der Waals surface area (Å²) in [5, 5.41) is 0.767. The maximum absolute atomic E-state index is 12.4. The minimum atomic E-state index is -0.259. The smallest absolute Gasteiger partial charge is 0.198 e. The summed E-state index contributed by atoms with van der Waals surface area (Å²) in [5.74, 6) is 0.191. The van der Waals surface area contributed by atoms with Crippen molar-refractivity contribution in [1.29, 1.82) is 0 Å². The van der Waals surface area contributed by atoms with E-state index in [9.17, 15) is 4.79 Å². The zero-order chi connectivity index (χ0) is 14.0. The van der Waals surface area contributed by atoms with Gasteiger partial charge in [0.05, 0.1) is 17.7 Å². The average Bonchev–Trinajstić information content (AvgIpc) is 2.38. The maximum atomic E-state index is 12.4. The molecule has 2 rings (SSSR count). The van der Waals surface area contributed by atoms with Gasteiger partial charge in [-0.15, -0.1) is 0 Å². The lowest BCUT2D eigenvalue weighted by atomic mass is 10.0. The molecule has 0 unspecified atom stereocenters. The van der Waals surface area contributed by atoms with Gasteiger partial charge in [0.1, 0.15) is 5.75 Å². The maximum Gasteiger partial charge on any atom is 0.198 e. The van der Waals surface area contributed by atoms with E-state index in [2.05, 4.69) is 0 Å². The molecule has 0 spiro atoms. The molecule has 0 bridgehead atoms. The van der Waals surface area contributed by atoms with E-state index in [-0.39, 0.29) is 5.78 Å². The van der Waals surface area contributed by atoms with Crippen LogP contribution in [0.25, 0.3) is 0 Å². The third-order valence-electron chi connectivity index (χ3n) is 2.64. The van der Waals surface area contributed by atoms with Gasteiger partial charge < -0.3 is 10.5 Å². The fraction of sp³-hybridized carbons (Fsp3) is 0.0714. The van der Waals surface area contributed by atoms with Gasteiger partial charge in [0, 0.05) is 16.3 Å². The zero-order valence-corrected chi connectivity index (χ0v) is 11.6. The van der Waals surface area contributed by atoms with Crippen LogP contribution >= 0.6 is 23.2 Å². The van der Waals surface area contributed by atoms with Crippen molar-refractivity contribution in [2.24, 2.45) is 0 Å². The van der Waals surface area contributed by atoms with E-state index in [1.807, 2.05) is 0 Å². The van der Waals surface area contributed by atoms with Crippen molar-refractivity contribution in [2.75, 3.05) is 12.8 Å².